The summed E-state index contributed by atoms with van der Waals surface area (Å²) < 4.78 is 0. The number of nitrogens with one attached hydrogen (secondary N) is 1. The summed E-state index contributed by atoms with van der Waals surface area (Å²) in [5, 5.41) is 13.2. The molecular weight excluding hydrogens is 244 g/mol. The predicted molar refractivity (Wildman–Crippen MR) is 73.9 cm³/mol. The van der Waals surface area contributed by atoms with Gasteiger partial charge in [-0.15, -0.1) is 0 Å². The molecule has 0 saturated carbocycles. The lowest BCUT2D eigenvalue weighted by Gasteiger charge is -2.38. The summed E-state index contributed by atoms with van der Waals surface area (Å²) in [5.41, 5.74) is 3.96. The molecule has 1 aliphatic heterocycles. The molecule has 0 amide bonds. The van der Waals surface area contributed by atoms with E-state index in [1.807, 2.05) is 0 Å². The summed E-state index contributed by atoms with van der Waals surface area (Å²) in [6.45, 7) is 6.06. The highest BCUT2D eigenvalue weighted by Crippen LogP contribution is 2.27. The first-order valence-electron chi connectivity index (χ1n) is 6.65. The molecule has 2 heterocycles. The molecular formula is C13H20N4O2. The van der Waals surface area contributed by atoms with Gasteiger partial charge in [-0.3, -0.25) is 15.5 Å². The minimum absolute atomic E-state index is 0.0324. The third-order valence-electron chi connectivity index (χ3n) is 3.63. The molecule has 1 aliphatic rings. The van der Waals surface area contributed by atoms with Gasteiger partial charge in [0.1, 0.15) is 0 Å². The number of hydrazine groups is 1. The van der Waals surface area contributed by atoms with Gasteiger partial charge in [0.05, 0.1) is 4.92 Å². The van der Waals surface area contributed by atoms with Crippen molar-refractivity contribution in [2.45, 2.75) is 52.1 Å². The standard InChI is InChI=1S/C13H20N4O2/c1-9-7-12(17(18)19)13(14-8-9)15-16-10(2)5-4-6-11(16)3/h7-8,10-11H,4-6H2,1-3H3,(H,14,15). The fourth-order valence-electron chi connectivity index (χ4n) is 2.54. The molecule has 1 aromatic rings. The van der Waals surface area contributed by atoms with E-state index in [1.165, 1.54) is 6.42 Å². The van der Waals surface area contributed by atoms with Crippen LogP contribution in [0.3, 0.4) is 0 Å². The predicted octanol–water partition coefficient (Wildman–Crippen LogP) is 2.89. The van der Waals surface area contributed by atoms with Crippen molar-refractivity contribution in [3.8, 4) is 0 Å². The number of pyridine rings is 1. The summed E-state index contributed by atoms with van der Waals surface area (Å²) in [5.74, 6) is 0.330. The Balaban J connectivity index is 2.24. The van der Waals surface area contributed by atoms with E-state index in [9.17, 15) is 10.1 Å². The van der Waals surface area contributed by atoms with E-state index in [2.05, 4.69) is 29.3 Å². The molecule has 1 aromatic heterocycles. The zero-order chi connectivity index (χ0) is 14.0. The zero-order valence-corrected chi connectivity index (χ0v) is 11.6. The van der Waals surface area contributed by atoms with Gasteiger partial charge in [-0.05, 0) is 39.2 Å². The molecule has 19 heavy (non-hydrogen) atoms. The largest absolute Gasteiger partial charge is 0.312 e. The molecule has 1 saturated heterocycles. The fourth-order valence-corrected chi connectivity index (χ4v) is 2.54. The molecule has 0 aliphatic carbocycles. The Morgan fingerprint density at radius 1 is 1.42 bits per heavy atom. The quantitative estimate of drug-likeness (QED) is 0.671. The summed E-state index contributed by atoms with van der Waals surface area (Å²) in [6, 6.07) is 2.26. The normalized spacial score (nSPS) is 24.2. The second-order valence-electron chi connectivity index (χ2n) is 5.29. The Kier molecular flexibility index (Phi) is 3.99. The maximum absolute atomic E-state index is 11.1. The lowest BCUT2D eigenvalue weighted by molar-refractivity contribution is -0.384. The highest BCUT2D eigenvalue weighted by Gasteiger charge is 2.27. The number of rotatable bonds is 3. The Bertz CT molecular complexity index is 468. The molecule has 2 rings (SSSR count). The van der Waals surface area contributed by atoms with Gasteiger partial charge in [0.2, 0.25) is 5.82 Å². The summed E-state index contributed by atoms with van der Waals surface area (Å²) >= 11 is 0. The van der Waals surface area contributed by atoms with Gasteiger partial charge in [0.15, 0.2) is 0 Å². The van der Waals surface area contributed by atoms with Crippen molar-refractivity contribution in [3.05, 3.63) is 27.9 Å². The van der Waals surface area contributed by atoms with Crippen molar-refractivity contribution in [1.82, 2.24) is 9.99 Å². The van der Waals surface area contributed by atoms with Crippen molar-refractivity contribution in [2.24, 2.45) is 0 Å². The molecule has 0 spiro atoms. The number of nitro groups is 1. The Labute approximate surface area is 112 Å². The van der Waals surface area contributed by atoms with E-state index in [4.69, 9.17) is 0 Å². The second kappa shape index (κ2) is 5.52. The Morgan fingerprint density at radius 2 is 2.05 bits per heavy atom. The van der Waals surface area contributed by atoms with Crippen LogP contribution < -0.4 is 5.43 Å². The van der Waals surface area contributed by atoms with E-state index < -0.39 is 0 Å². The molecule has 0 radical (unpaired) electrons. The van der Waals surface area contributed by atoms with E-state index >= 15 is 0 Å². The van der Waals surface area contributed by atoms with Gasteiger partial charge in [0, 0.05) is 24.3 Å². The molecule has 2 atom stereocenters. The van der Waals surface area contributed by atoms with Crippen LogP contribution in [0.4, 0.5) is 11.5 Å². The molecule has 6 nitrogen and oxygen atoms in total. The lowest BCUT2D eigenvalue weighted by Crippen LogP contribution is -2.47. The number of piperidine rings is 1. The fraction of sp³-hybridized carbons (Fsp3) is 0.615. The first-order chi connectivity index (χ1) is 8.99. The highest BCUT2D eigenvalue weighted by atomic mass is 16.6. The number of aryl methyl sites for hydroxylation is 1. The van der Waals surface area contributed by atoms with Gasteiger partial charge in [0.25, 0.3) is 0 Å². The maximum atomic E-state index is 11.1. The molecule has 2 unspecified atom stereocenters. The van der Waals surface area contributed by atoms with Crippen LogP contribution in [0.1, 0.15) is 38.7 Å². The van der Waals surface area contributed by atoms with Crippen molar-refractivity contribution >= 4 is 11.5 Å². The number of nitrogens with zero attached hydrogens (tertiary/aromatic N) is 3. The van der Waals surface area contributed by atoms with Crippen LogP contribution in [0.25, 0.3) is 0 Å². The van der Waals surface area contributed by atoms with Crippen LogP contribution in [-0.4, -0.2) is 27.0 Å². The summed E-state index contributed by atoms with van der Waals surface area (Å²) in [6.07, 6.45) is 5.03. The number of anilines is 1. The smallest absolute Gasteiger partial charge is 0.297 e. The van der Waals surface area contributed by atoms with Crippen molar-refractivity contribution in [3.63, 3.8) is 0 Å². The van der Waals surface area contributed by atoms with Crippen LogP contribution in [0.5, 0.6) is 0 Å². The average Bonchev–Trinajstić information content (AvgIpc) is 2.35. The molecule has 1 N–H and O–H groups in total. The Hall–Kier alpha value is -1.69. The Morgan fingerprint density at radius 3 is 2.63 bits per heavy atom. The van der Waals surface area contributed by atoms with Gasteiger partial charge >= 0.3 is 5.69 Å². The van der Waals surface area contributed by atoms with Gasteiger partial charge in [-0.1, -0.05) is 6.42 Å². The van der Waals surface area contributed by atoms with Gasteiger partial charge in [-0.25, -0.2) is 9.99 Å². The van der Waals surface area contributed by atoms with Crippen LogP contribution in [0.2, 0.25) is 0 Å². The highest BCUT2D eigenvalue weighted by molar-refractivity contribution is 5.56. The van der Waals surface area contributed by atoms with Gasteiger partial charge in [-0.2, -0.15) is 0 Å². The lowest BCUT2D eigenvalue weighted by atomic mass is 10.00. The third kappa shape index (κ3) is 3.01. The van der Waals surface area contributed by atoms with Crippen LogP contribution >= 0.6 is 0 Å². The number of hydrogen-bond acceptors (Lipinski definition) is 5. The van der Waals surface area contributed by atoms with Crippen molar-refractivity contribution in [2.75, 3.05) is 5.43 Å². The monoisotopic (exact) mass is 264 g/mol. The van der Waals surface area contributed by atoms with Crippen molar-refractivity contribution < 1.29 is 4.92 Å². The number of hydrogen-bond donors (Lipinski definition) is 1. The first-order valence-corrected chi connectivity index (χ1v) is 6.65. The van der Waals surface area contributed by atoms with Crippen LogP contribution in [0.15, 0.2) is 12.3 Å². The second-order valence-corrected chi connectivity index (χ2v) is 5.29. The topological polar surface area (TPSA) is 71.3 Å². The minimum Gasteiger partial charge on any atom is -0.297 e. The first kappa shape index (κ1) is 13.7. The maximum Gasteiger partial charge on any atom is 0.312 e. The molecule has 104 valence electrons. The van der Waals surface area contributed by atoms with E-state index in [0.717, 1.165) is 18.4 Å². The third-order valence-corrected chi connectivity index (χ3v) is 3.63. The summed E-state index contributed by atoms with van der Waals surface area (Å²) in [4.78, 5) is 14.9. The van der Waals surface area contributed by atoms with Crippen LogP contribution in [-0.2, 0) is 0 Å². The van der Waals surface area contributed by atoms with Gasteiger partial charge < -0.3 is 0 Å². The van der Waals surface area contributed by atoms with E-state index in [0.29, 0.717) is 17.9 Å². The number of aromatic nitrogens is 1. The van der Waals surface area contributed by atoms with E-state index in [-0.39, 0.29) is 10.6 Å². The van der Waals surface area contributed by atoms with E-state index in [1.54, 1.807) is 19.2 Å². The molecule has 0 aromatic carbocycles. The summed E-state index contributed by atoms with van der Waals surface area (Å²) in [7, 11) is 0. The zero-order valence-electron chi connectivity index (χ0n) is 11.6. The SMILES string of the molecule is Cc1cnc(NN2C(C)CCCC2C)c([N+](=O)[O-])c1. The van der Waals surface area contributed by atoms with Crippen molar-refractivity contribution in [1.29, 1.82) is 0 Å². The average molecular weight is 264 g/mol. The molecule has 1 fully saturated rings. The van der Waals surface area contributed by atoms with Crippen LogP contribution in [0, 0.1) is 17.0 Å². The minimum atomic E-state index is -0.387. The molecule has 6 heteroatoms. The molecule has 0 bridgehead atoms.